The van der Waals surface area contributed by atoms with E-state index in [1.807, 2.05) is 48.5 Å². The van der Waals surface area contributed by atoms with E-state index >= 15 is 0 Å². The van der Waals surface area contributed by atoms with Gasteiger partial charge in [0.1, 0.15) is 11.2 Å². The number of rotatable bonds is 8. The Morgan fingerprint density at radius 3 is 2.78 bits per heavy atom. The number of aromatic nitrogens is 1. The van der Waals surface area contributed by atoms with Crippen LogP contribution in [0.15, 0.2) is 54.6 Å². The summed E-state index contributed by atoms with van der Waals surface area (Å²) in [4.78, 5) is 19.8. The van der Waals surface area contributed by atoms with Gasteiger partial charge in [0, 0.05) is 31.1 Å². The van der Waals surface area contributed by atoms with Crippen molar-refractivity contribution in [2.75, 3.05) is 36.5 Å². The van der Waals surface area contributed by atoms with Gasteiger partial charge >= 0.3 is 0 Å². The van der Waals surface area contributed by atoms with Crippen LogP contribution in [0.1, 0.15) is 12.0 Å². The van der Waals surface area contributed by atoms with Gasteiger partial charge in [-0.2, -0.15) is 0 Å². The summed E-state index contributed by atoms with van der Waals surface area (Å²) >= 11 is 12.8. The summed E-state index contributed by atoms with van der Waals surface area (Å²) in [5, 5.41) is 15.7. The van der Waals surface area contributed by atoms with Gasteiger partial charge in [-0.15, -0.1) is 11.6 Å². The molecule has 1 unspecified atom stereocenters. The minimum absolute atomic E-state index is 0.133. The topological polar surface area (TPSA) is 77.5 Å². The molecule has 3 N–H and O–H groups in total. The van der Waals surface area contributed by atoms with Crippen molar-refractivity contribution in [1.82, 2.24) is 10.3 Å². The molecular formula is C24H26Cl2N4O2. The molecule has 1 aromatic heterocycles. The van der Waals surface area contributed by atoms with Crippen molar-refractivity contribution in [2.24, 2.45) is 0 Å². The molecule has 0 saturated carbocycles. The Morgan fingerprint density at radius 1 is 1.19 bits per heavy atom. The van der Waals surface area contributed by atoms with Gasteiger partial charge in [0.2, 0.25) is 5.91 Å². The average Bonchev–Trinajstić information content (AvgIpc) is 3.29. The minimum atomic E-state index is -0.719. The number of amides is 1. The average molecular weight is 473 g/mol. The van der Waals surface area contributed by atoms with Crippen molar-refractivity contribution >= 4 is 51.5 Å². The lowest BCUT2D eigenvalue weighted by Gasteiger charge is -2.19. The molecule has 0 bridgehead atoms. The molecule has 1 amide bonds. The molecule has 32 heavy (non-hydrogen) atoms. The molecule has 2 heterocycles. The third kappa shape index (κ3) is 5.33. The maximum absolute atomic E-state index is 12.8. The quantitative estimate of drug-likeness (QED) is 0.434. The van der Waals surface area contributed by atoms with Gasteiger partial charge in [-0.3, -0.25) is 4.79 Å². The number of carbonyl (C=O) groups excluding carboxylic acids is 1. The number of pyridine rings is 1. The molecule has 0 spiro atoms. The van der Waals surface area contributed by atoms with Crippen molar-refractivity contribution in [1.29, 1.82) is 0 Å². The van der Waals surface area contributed by atoms with Crippen LogP contribution in [-0.4, -0.2) is 53.7 Å². The Hall–Kier alpha value is -2.38. The fourth-order valence-corrected chi connectivity index (χ4v) is 4.43. The van der Waals surface area contributed by atoms with Crippen LogP contribution in [-0.2, 0) is 11.2 Å². The van der Waals surface area contributed by atoms with Crippen LogP contribution >= 0.6 is 23.2 Å². The molecule has 8 heteroatoms. The first-order valence-corrected chi connectivity index (χ1v) is 11.5. The van der Waals surface area contributed by atoms with Gasteiger partial charge in [0.25, 0.3) is 0 Å². The highest BCUT2D eigenvalue weighted by atomic mass is 35.5. The number of hydrogen-bond donors (Lipinski definition) is 3. The van der Waals surface area contributed by atoms with E-state index in [-0.39, 0.29) is 12.5 Å². The second-order valence-corrected chi connectivity index (χ2v) is 8.85. The molecule has 3 aromatic rings. The number of carbonyl (C=O) groups is 1. The maximum atomic E-state index is 12.8. The monoisotopic (exact) mass is 472 g/mol. The van der Waals surface area contributed by atoms with E-state index in [1.54, 1.807) is 6.07 Å². The highest BCUT2D eigenvalue weighted by Gasteiger charge is 2.24. The largest absolute Gasteiger partial charge is 0.395 e. The second kappa shape index (κ2) is 10.5. The van der Waals surface area contributed by atoms with Crippen molar-refractivity contribution in [3.8, 4) is 0 Å². The molecule has 4 rings (SSSR count). The Balaban J connectivity index is 1.50. The number of aliphatic hydroxyl groups excluding tert-OH is 1. The lowest BCUT2D eigenvalue weighted by Crippen LogP contribution is -2.34. The Bertz CT molecular complexity index is 1080. The predicted octanol–water partition coefficient (Wildman–Crippen LogP) is 3.84. The summed E-state index contributed by atoms with van der Waals surface area (Å²) in [5.74, 6) is 0.580. The minimum Gasteiger partial charge on any atom is -0.395 e. The molecule has 6 nitrogen and oxygen atoms in total. The first-order valence-electron chi connectivity index (χ1n) is 10.7. The smallest absolute Gasteiger partial charge is 0.242 e. The summed E-state index contributed by atoms with van der Waals surface area (Å²) in [6.07, 6.45) is 1.43. The SMILES string of the molecule is O=C(Nc1c(Cl)ccc2nc(N3CC[C@H](NCCO)C3)ccc12)C(Cl)Cc1ccccc1. The van der Waals surface area contributed by atoms with Crippen LogP contribution in [0.3, 0.4) is 0 Å². The summed E-state index contributed by atoms with van der Waals surface area (Å²) < 4.78 is 0. The van der Waals surface area contributed by atoms with Gasteiger partial charge in [0.05, 0.1) is 22.8 Å². The van der Waals surface area contributed by atoms with Crippen LogP contribution in [0, 0.1) is 0 Å². The molecule has 1 fully saturated rings. The van der Waals surface area contributed by atoms with Crippen molar-refractivity contribution < 1.29 is 9.90 Å². The number of nitrogens with one attached hydrogen (secondary N) is 2. The summed E-state index contributed by atoms with van der Waals surface area (Å²) in [6, 6.07) is 17.5. The number of hydrogen-bond acceptors (Lipinski definition) is 5. The highest BCUT2D eigenvalue weighted by Crippen LogP contribution is 2.32. The van der Waals surface area contributed by atoms with E-state index in [2.05, 4.69) is 15.5 Å². The van der Waals surface area contributed by atoms with Gasteiger partial charge in [-0.05, 0) is 42.7 Å². The number of aliphatic hydroxyl groups is 1. The number of anilines is 2. The number of benzene rings is 2. The normalized spacial score (nSPS) is 17.0. The van der Waals surface area contributed by atoms with Crippen molar-refractivity contribution in [3.63, 3.8) is 0 Å². The van der Waals surface area contributed by atoms with Crippen molar-refractivity contribution in [3.05, 3.63) is 65.2 Å². The molecule has 0 aliphatic carbocycles. The number of alkyl halides is 1. The molecule has 1 aliphatic rings. The Labute approximate surface area is 197 Å². The Morgan fingerprint density at radius 2 is 2.00 bits per heavy atom. The van der Waals surface area contributed by atoms with Gasteiger partial charge in [-0.1, -0.05) is 41.9 Å². The number of nitrogens with zero attached hydrogens (tertiary/aromatic N) is 2. The van der Waals surface area contributed by atoms with Gasteiger partial charge < -0.3 is 20.6 Å². The maximum Gasteiger partial charge on any atom is 0.242 e. The van der Waals surface area contributed by atoms with E-state index < -0.39 is 5.38 Å². The molecule has 0 radical (unpaired) electrons. The lowest BCUT2D eigenvalue weighted by molar-refractivity contribution is -0.115. The Kier molecular flexibility index (Phi) is 7.48. The molecule has 1 aliphatic heterocycles. The fourth-order valence-electron chi connectivity index (χ4n) is 3.99. The second-order valence-electron chi connectivity index (χ2n) is 7.91. The molecule has 1 saturated heterocycles. The van der Waals surface area contributed by atoms with E-state index in [9.17, 15) is 4.79 Å². The molecular weight excluding hydrogens is 447 g/mol. The number of fused-ring (bicyclic) bond motifs is 1. The zero-order chi connectivity index (χ0) is 22.5. The first-order chi connectivity index (χ1) is 15.5. The summed E-state index contributed by atoms with van der Waals surface area (Å²) in [6.45, 7) is 2.46. The highest BCUT2D eigenvalue weighted by molar-refractivity contribution is 6.37. The van der Waals surface area contributed by atoms with Crippen LogP contribution in [0.2, 0.25) is 5.02 Å². The van der Waals surface area contributed by atoms with E-state index in [0.29, 0.717) is 29.7 Å². The third-order valence-electron chi connectivity index (χ3n) is 5.65. The van der Waals surface area contributed by atoms with Crippen LogP contribution in [0.25, 0.3) is 10.9 Å². The van der Waals surface area contributed by atoms with Gasteiger partial charge in [-0.25, -0.2) is 4.98 Å². The molecule has 168 valence electrons. The van der Waals surface area contributed by atoms with E-state index in [4.69, 9.17) is 33.3 Å². The summed E-state index contributed by atoms with van der Waals surface area (Å²) in [7, 11) is 0. The van der Waals surface area contributed by atoms with E-state index in [0.717, 1.165) is 41.8 Å². The fraction of sp³-hybridized carbons (Fsp3) is 0.333. The third-order valence-corrected chi connectivity index (χ3v) is 6.32. The first kappa shape index (κ1) is 22.8. The predicted molar refractivity (Wildman–Crippen MR) is 131 cm³/mol. The zero-order valence-electron chi connectivity index (χ0n) is 17.6. The van der Waals surface area contributed by atoms with Crippen LogP contribution in [0.5, 0.6) is 0 Å². The van der Waals surface area contributed by atoms with Crippen molar-refractivity contribution in [2.45, 2.75) is 24.3 Å². The molecule has 2 aromatic carbocycles. The zero-order valence-corrected chi connectivity index (χ0v) is 19.1. The van der Waals surface area contributed by atoms with E-state index in [1.165, 1.54) is 0 Å². The van der Waals surface area contributed by atoms with Crippen LogP contribution in [0.4, 0.5) is 11.5 Å². The lowest BCUT2D eigenvalue weighted by atomic mass is 10.1. The molecule has 2 atom stereocenters. The summed E-state index contributed by atoms with van der Waals surface area (Å²) in [5.41, 5.74) is 2.27. The standard InChI is InChI=1S/C24H26Cl2N4O2/c25-19-7-8-21-18(6-9-22(28-21)30-12-10-17(15-30)27-11-13-31)23(19)29-24(32)20(26)14-16-4-2-1-3-5-16/h1-9,17,20,27,31H,10-15H2,(H,29,32)/t17-,20?/m0/s1. The van der Waals surface area contributed by atoms with Gasteiger partial charge in [0.15, 0.2) is 0 Å². The number of halogens is 2. The van der Waals surface area contributed by atoms with Crippen LogP contribution < -0.4 is 15.5 Å².